The number of aromatic nitrogens is 1. The number of para-hydroxylation sites is 2. The van der Waals surface area contributed by atoms with Crippen molar-refractivity contribution >= 4 is 40.5 Å². The Kier molecular flexibility index (Phi) is 4.99. The van der Waals surface area contributed by atoms with Crippen molar-refractivity contribution in [3.63, 3.8) is 0 Å². The summed E-state index contributed by atoms with van der Waals surface area (Å²) in [5.74, 6) is -1.31. The SMILES string of the molecule is CCC(C)n1cc(/C=C2\C(=O)NC(=O)N(c3ccccc3C)C2=O)c2ccccc21. The predicted molar refractivity (Wildman–Crippen MR) is 117 cm³/mol. The lowest BCUT2D eigenvalue weighted by Crippen LogP contribution is -2.54. The lowest BCUT2D eigenvalue weighted by molar-refractivity contribution is -0.122. The highest BCUT2D eigenvalue weighted by molar-refractivity contribution is 6.39. The molecule has 2 heterocycles. The third kappa shape index (κ3) is 3.20. The molecule has 0 spiro atoms. The Morgan fingerprint density at radius 2 is 1.73 bits per heavy atom. The van der Waals surface area contributed by atoms with Crippen molar-refractivity contribution < 1.29 is 14.4 Å². The van der Waals surface area contributed by atoms with Crippen LogP contribution < -0.4 is 10.2 Å². The zero-order valence-corrected chi connectivity index (χ0v) is 17.2. The van der Waals surface area contributed by atoms with E-state index in [1.54, 1.807) is 18.2 Å². The molecule has 1 aromatic heterocycles. The van der Waals surface area contributed by atoms with Crippen molar-refractivity contribution in [1.29, 1.82) is 0 Å². The molecule has 2 aromatic carbocycles. The lowest BCUT2D eigenvalue weighted by Gasteiger charge is -2.27. The summed E-state index contributed by atoms with van der Waals surface area (Å²) in [7, 11) is 0. The molecular formula is C24H23N3O3. The van der Waals surface area contributed by atoms with Gasteiger partial charge in [-0.05, 0) is 44.0 Å². The van der Waals surface area contributed by atoms with E-state index in [-0.39, 0.29) is 11.6 Å². The molecule has 0 aliphatic carbocycles. The first-order valence-corrected chi connectivity index (χ1v) is 9.99. The molecular weight excluding hydrogens is 378 g/mol. The summed E-state index contributed by atoms with van der Waals surface area (Å²) < 4.78 is 2.15. The first-order chi connectivity index (χ1) is 14.4. The van der Waals surface area contributed by atoms with Crippen LogP contribution in [0.4, 0.5) is 10.5 Å². The minimum atomic E-state index is -0.738. The first kappa shape index (κ1) is 19.6. The van der Waals surface area contributed by atoms with E-state index in [0.29, 0.717) is 5.69 Å². The zero-order chi connectivity index (χ0) is 21.4. The van der Waals surface area contributed by atoms with Crippen molar-refractivity contribution in [2.24, 2.45) is 0 Å². The molecule has 1 N–H and O–H groups in total. The average molecular weight is 401 g/mol. The van der Waals surface area contributed by atoms with Crippen molar-refractivity contribution in [1.82, 2.24) is 9.88 Å². The molecule has 152 valence electrons. The Balaban J connectivity index is 1.84. The van der Waals surface area contributed by atoms with Gasteiger partial charge >= 0.3 is 6.03 Å². The zero-order valence-electron chi connectivity index (χ0n) is 17.2. The van der Waals surface area contributed by atoms with E-state index >= 15 is 0 Å². The summed E-state index contributed by atoms with van der Waals surface area (Å²) in [5, 5.41) is 3.25. The Labute approximate surface area is 174 Å². The van der Waals surface area contributed by atoms with Crippen LogP contribution >= 0.6 is 0 Å². The molecule has 1 atom stereocenters. The monoisotopic (exact) mass is 401 g/mol. The molecule has 1 unspecified atom stereocenters. The van der Waals surface area contributed by atoms with Gasteiger partial charge in [0.05, 0.1) is 5.69 Å². The maximum atomic E-state index is 13.2. The third-order valence-corrected chi connectivity index (χ3v) is 5.59. The van der Waals surface area contributed by atoms with Gasteiger partial charge in [-0.15, -0.1) is 0 Å². The normalized spacial score (nSPS) is 17.0. The molecule has 6 heteroatoms. The number of barbiturate groups is 1. The molecule has 4 rings (SSSR count). The second-order valence-corrected chi connectivity index (χ2v) is 7.51. The van der Waals surface area contributed by atoms with Crippen LogP contribution in [0.15, 0.2) is 60.3 Å². The van der Waals surface area contributed by atoms with Crippen molar-refractivity contribution in [3.05, 3.63) is 71.4 Å². The van der Waals surface area contributed by atoms with Crippen LogP contribution in [0.25, 0.3) is 17.0 Å². The minimum Gasteiger partial charge on any atom is -0.344 e. The van der Waals surface area contributed by atoms with Gasteiger partial charge in [-0.3, -0.25) is 14.9 Å². The molecule has 1 aliphatic heterocycles. The number of imide groups is 2. The number of benzene rings is 2. The van der Waals surface area contributed by atoms with Gasteiger partial charge in [0.2, 0.25) is 0 Å². The van der Waals surface area contributed by atoms with E-state index in [4.69, 9.17) is 0 Å². The van der Waals surface area contributed by atoms with E-state index in [1.807, 2.05) is 49.5 Å². The quantitative estimate of drug-likeness (QED) is 0.513. The lowest BCUT2D eigenvalue weighted by atomic mass is 10.1. The van der Waals surface area contributed by atoms with Gasteiger partial charge in [0.1, 0.15) is 5.57 Å². The van der Waals surface area contributed by atoms with Crippen molar-refractivity contribution in [3.8, 4) is 0 Å². The molecule has 30 heavy (non-hydrogen) atoms. The van der Waals surface area contributed by atoms with Gasteiger partial charge < -0.3 is 4.57 Å². The second kappa shape index (κ2) is 7.63. The highest BCUT2D eigenvalue weighted by Crippen LogP contribution is 2.29. The number of carbonyl (C=O) groups is 3. The van der Waals surface area contributed by atoms with Gasteiger partial charge in [0.25, 0.3) is 11.8 Å². The molecule has 0 saturated carbocycles. The first-order valence-electron chi connectivity index (χ1n) is 9.99. The van der Waals surface area contributed by atoms with Crippen molar-refractivity contribution in [2.45, 2.75) is 33.2 Å². The average Bonchev–Trinajstić information content (AvgIpc) is 3.10. The summed E-state index contributed by atoms with van der Waals surface area (Å²) >= 11 is 0. The Bertz CT molecular complexity index is 1210. The van der Waals surface area contributed by atoms with Gasteiger partial charge in [-0.25, -0.2) is 9.69 Å². The van der Waals surface area contributed by atoms with Gasteiger partial charge in [0.15, 0.2) is 0 Å². The van der Waals surface area contributed by atoms with E-state index in [2.05, 4.69) is 23.7 Å². The summed E-state index contributed by atoms with van der Waals surface area (Å²) in [4.78, 5) is 39.2. The highest BCUT2D eigenvalue weighted by atomic mass is 16.2. The molecule has 6 nitrogen and oxygen atoms in total. The number of nitrogens with zero attached hydrogens (tertiary/aromatic N) is 2. The van der Waals surface area contributed by atoms with Crippen LogP contribution in [-0.2, 0) is 9.59 Å². The van der Waals surface area contributed by atoms with Gasteiger partial charge in [0, 0.05) is 28.7 Å². The maximum absolute atomic E-state index is 13.2. The van der Waals surface area contributed by atoms with E-state index in [9.17, 15) is 14.4 Å². The van der Waals surface area contributed by atoms with Crippen LogP contribution in [-0.4, -0.2) is 22.4 Å². The van der Waals surface area contributed by atoms with E-state index < -0.39 is 17.8 Å². The van der Waals surface area contributed by atoms with E-state index in [0.717, 1.165) is 33.4 Å². The topological polar surface area (TPSA) is 71.4 Å². The number of nitrogens with one attached hydrogen (secondary N) is 1. The summed E-state index contributed by atoms with van der Waals surface area (Å²) in [6, 6.07) is 14.5. The number of hydrogen-bond acceptors (Lipinski definition) is 3. The molecule has 0 bridgehead atoms. The number of amides is 4. The summed E-state index contributed by atoms with van der Waals surface area (Å²) in [6.45, 7) is 6.05. The number of fused-ring (bicyclic) bond motifs is 1. The smallest absolute Gasteiger partial charge is 0.335 e. The standard InChI is InChI=1S/C24H23N3O3/c1-4-16(3)26-14-17(18-10-6-8-12-21(18)26)13-19-22(28)25-24(30)27(23(19)29)20-11-7-5-9-15(20)2/h5-14,16H,4H2,1-3H3,(H,25,28,30)/b19-13+. The predicted octanol–water partition coefficient (Wildman–Crippen LogP) is 4.59. The Hall–Kier alpha value is -3.67. The second-order valence-electron chi connectivity index (χ2n) is 7.51. The number of rotatable bonds is 4. The van der Waals surface area contributed by atoms with Crippen molar-refractivity contribution in [2.75, 3.05) is 4.90 Å². The Morgan fingerprint density at radius 3 is 2.47 bits per heavy atom. The molecule has 1 saturated heterocycles. The van der Waals surface area contributed by atoms with Crippen LogP contribution in [0, 0.1) is 6.92 Å². The molecule has 1 aliphatic rings. The van der Waals surface area contributed by atoms with Crippen LogP contribution in [0.5, 0.6) is 0 Å². The number of hydrogen-bond donors (Lipinski definition) is 1. The highest BCUT2D eigenvalue weighted by Gasteiger charge is 2.37. The molecule has 4 amide bonds. The summed E-state index contributed by atoms with van der Waals surface area (Å²) in [6.07, 6.45) is 4.49. The molecule has 3 aromatic rings. The van der Waals surface area contributed by atoms with Crippen LogP contribution in [0.1, 0.15) is 37.4 Å². The number of anilines is 1. The Morgan fingerprint density at radius 1 is 1.03 bits per heavy atom. The fourth-order valence-corrected chi connectivity index (χ4v) is 3.75. The van der Waals surface area contributed by atoms with E-state index in [1.165, 1.54) is 0 Å². The summed E-state index contributed by atoms with van der Waals surface area (Å²) in [5.41, 5.74) is 2.96. The minimum absolute atomic E-state index is 0.0649. The number of carbonyl (C=O) groups excluding carboxylic acids is 3. The number of aryl methyl sites for hydroxylation is 1. The third-order valence-electron chi connectivity index (χ3n) is 5.59. The largest absolute Gasteiger partial charge is 0.344 e. The van der Waals surface area contributed by atoms with Gasteiger partial charge in [-0.2, -0.15) is 0 Å². The van der Waals surface area contributed by atoms with Crippen LogP contribution in [0.2, 0.25) is 0 Å². The fraction of sp³-hybridized carbons (Fsp3) is 0.208. The van der Waals surface area contributed by atoms with Crippen LogP contribution in [0.3, 0.4) is 0 Å². The molecule has 0 radical (unpaired) electrons. The molecule has 1 fully saturated rings. The fourth-order valence-electron chi connectivity index (χ4n) is 3.75. The maximum Gasteiger partial charge on any atom is 0.335 e. The number of urea groups is 1. The van der Waals surface area contributed by atoms with Gasteiger partial charge in [-0.1, -0.05) is 43.3 Å².